The fraction of sp³-hybridized carbons (Fsp3) is 0.538. The van der Waals surface area contributed by atoms with Crippen molar-refractivity contribution in [1.29, 1.82) is 0 Å². The summed E-state index contributed by atoms with van der Waals surface area (Å²) in [7, 11) is 0. The molecule has 1 saturated heterocycles. The van der Waals surface area contributed by atoms with Crippen molar-refractivity contribution < 1.29 is 22.3 Å². The lowest BCUT2D eigenvalue weighted by Crippen LogP contribution is -2.41. The Bertz CT molecular complexity index is 520. The number of benzene rings is 1. The van der Waals surface area contributed by atoms with Gasteiger partial charge in [-0.3, -0.25) is 0 Å². The van der Waals surface area contributed by atoms with Crippen molar-refractivity contribution in [3.05, 3.63) is 29.1 Å². The van der Waals surface area contributed by atoms with E-state index in [0.29, 0.717) is 11.5 Å². The molecule has 0 amide bonds. The molecule has 0 aromatic heterocycles. The number of nitrogens with one attached hydrogen (secondary N) is 1. The fourth-order valence-electron chi connectivity index (χ4n) is 2.80. The molecule has 3 rings (SSSR count). The first-order chi connectivity index (χ1) is 8.86. The number of fused-ring (bicyclic) bond motifs is 3. The highest BCUT2D eigenvalue weighted by atomic mass is 35.5. The summed E-state index contributed by atoms with van der Waals surface area (Å²) in [5.41, 5.74) is -0.777. The van der Waals surface area contributed by atoms with Crippen LogP contribution in [0.15, 0.2) is 12.1 Å². The molecule has 2 aliphatic heterocycles. The number of piperidine rings is 1. The van der Waals surface area contributed by atoms with Gasteiger partial charge in [-0.1, -0.05) is 6.92 Å². The molecule has 20 heavy (non-hydrogen) atoms. The van der Waals surface area contributed by atoms with Crippen molar-refractivity contribution in [1.82, 2.24) is 5.32 Å². The van der Waals surface area contributed by atoms with Crippen LogP contribution in [0.1, 0.15) is 30.5 Å². The smallest absolute Gasteiger partial charge is 0.419 e. The van der Waals surface area contributed by atoms with Gasteiger partial charge in [-0.2, -0.15) is 13.2 Å². The fourth-order valence-corrected chi connectivity index (χ4v) is 2.80. The van der Waals surface area contributed by atoms with Crippen LogP contribution >= 0.6 is 12.4 Å². The van der Waals surface area contributed by atoms with E-state index in [1.807, 2.05) is 6.92 Å². The largest absolute Gasteiger partial charge is 0.488 e. The third kappa shape index (κ3) is 2.46. The second-order valence-corrected chi connectivity index (χ2v) is 5.25. The van der Waals surface area contributed by atoms with E-state index in [4.69, 9.17) is 4.74 Å². The Labute approximate surface area is 119 Å². The Morgan fingerprint density at radius 3 is 2.65 bits per heavy atom. The Morgan fingerprint density at radius 1 is 1.30 bits per heavy atom. The van der Waals surface area contributed by atoms with Crippen LogP contribution in [0.4, 0.5) is 17.6 Å². The summed E-state index contributed by atoms with van der Waals surface area (Å²) in [5.74, 6) is -0.705. The van der Waals surface area contributed by atoms with Gasteiger partial charge >= 0.3 is 6.18 Å². The van der Waals surface area contributed by atoms with Crippen LogP contribution in [0.25, 0.3) is 0 Å². The normalized spacial score (nSPS) is 28.1. The maximum Gasteiger partial charge on any atom is 0.419 e. The van der Waals surface area contributed by atoms with Gasteiger partial charge in [0.2, 0.25) is 0 Å². The minimum atomic E-state index is -4.70. The molecule has 0 bridgehead atoms. The number of ether oxygens (including phenoxy) is 1. The maximum absolute atomic E-state index is 13.6. The van der Waals surface area contributed by atoms with Crippen LogP contribution in [-0.2, 0) is 6.18 Å². The number of rotatable bonds is 0. The first-order valence-electron chi connectivity index (χ1n) is 6.17. The topological polar surface area (TPSA) is 21.3 Å². The van der Waals surface area contributed by atoms with E-state index in [2.05, 4.69) is 5.32 Å². The zero-order valence-corrected chi connectivity index (χ0v) is 11.4. The molecular formula is C13H14ClF4NO. The van der Waals surface area contributed by atoms with Crippen LogP contribution in [0.5, 0.6) is 5.75 Å². The van der Waals surface area contributed by atoms with Gasteiger partial charge in [0.1, 0.15) is 17.7 Å². The van der Waals surface area contributed by atoms with Crippen LogP contribution in [0.2, 0.25) is 0 Å². The van der Waals surface area contributed by atoms with Gasteiger partial charge in [-0.25, -0.2) is 4.39 Å². The molecule has 112 valence electrons. The summed E-state index contributed by atoms with van der Waals surface area (Å²) < 4.78 is 57.0. The molecular weight excluding hydrogens is 298 g/mol. The van der Waals surface area contributed by atoms with Crippen molar-refractivity contribution in [2.45, 2.75) is 31.7 Å². The predicted octanol–water partition coefficient (Wildman–Crippen LogP) is 3.70. The lowest BCUT2D eigenvalue weighted by Gasteiger charge is -2.29. The molecule has 0 radical (unpaired) electrons. The monoisotopic (exact) mass is 311 g/mol. The maximum atomic E-state index is 13.6. The molecule has 2 aliphatic rings. The van der Waals surface area contributed by atoms with Gasteiger partial charge in [0.05, 0.1) is 11.6 Å². The molecule has 1 fully saturated rings. The zero-order valence-electron chi connectivity index (χ0n) is 10.6. The summed E-state index contributed by atoms with van der Waals surface area (Å²) >= 11 is 0. The van der Waals surface area contributed by atoms with Crippen molar-refractivity contribution in [2.75, 3.05) is 6.54 Å². The molecule has 2 nitrogen and oxygen atoms in total. The average Bonchev–Trinajstić information content (AvgIpc) is 2.63. The SMILES string of the molecule is C[C@H]1CN[C@H]2c3cc(F)c(C(F)(F)F)cc3O[C@H]2C1.Cl. The second-order valence-electron chi connectivity index (χ2n) is 5.25. The van der Waals surface area contributed by atoms with Gasteiger partial charge in [-0.05, 0) is 31.0 Å². The Hall–Kier alpha value is -1.01. The van der Waals surface area contributed by atoms with E-state index in [1.165, 1.54) is 0 Å². The number of hydrogen-bond donors (Lipinski definition) is 1. The lowest BCUT2D eigenvalue weighted by atomic mass is 9.91. The van der Waals surface area contributed by atoms with Crippen LogP contribution in [0.3, 0.4) is 0 Å². The summed E-state index contributed by atoms with van der Waals surface area (Å²) in [6.45, 7) is 2.80. The van der Waals surface area contributed by atoms with Crippen molar-refractivity contribution in [2.24, 2.45) is 5.92 Å². The van der Waals surface area contributed by atoms with Crippen LogP contribution in [0, 0.1) is 11.7 Å². The molecule has 7 heteroatoms. The Kier molecular flexibility index (Phi) is 3.90. The van der Waals surface area contributed by atoms with Gasteiger partial charge in [0, 0.05) is 5.56 Å². The van der Waals surface area contributed by atoms with E-state index in [0.717, 1.165) is 25.1 Å². The third-order valence-corrected chi connectivity index (χ3v) is 3.71. The first kappa shape index (κ1) is 15.4. The van der Waals surface area contributed by atoms with Crippen molar-refractivity contribution in [3.8, 4) is 5.75 Å². The molecule has 2 heterocycles. The molecule has 0 saturated carbocycles. The highest BCUT2D eigenvalue weighted by molar-refractivity contribution is 5.85. The van der Waals surface area contributed by atoms with E-state index < -0.39 is 17.6 Å². The quantitative estimate of drug-likeness (QED) is 0.738. The Morgan fingerprint density at radius 2 is 2.00 bits per heavy atom. The summed E-state index contributed by atoms with van der Waals surface area (Å²) in [6.07, 6.45) is -4.15. The molecule has 1 N–H and O–H groups in total. The summed E-state index contributed by atoms with van der Waals surface area (Å²) in [4.78, 5) is 0. The highest BCUT2D eigenvalue weighted by Crippen LogP contribution is 2.44. The minimum absolute atomic E-state index is 0. The van der Waals surface area contributed by atoms with Gasteiger partial charge in [0.25, 0.3) is 0 Å². The summed E-state index contributed by atoms with van der Waals surface area (Å²) in [5, 5.41) is 3.20. The van der Waals surface area contributed by atoms with E-state index in [9.17, 15) is 17.6 Å². The molecule has 0 unspecified atom stereocenters. The molecule has 1 aromatic carbocycles. The van der Waals surface area contributed by atoms with E-state index >= 15 is 0 Å². The average molecular weight is 312 g/mol. The highest BCUT2D eigenvalue weighted by Gasteiger charge is 2.42. The predicted molar refractivity (Wildman–Crippen MR) is 67.6 cm³/mol. The van der Waals surface area contributed by atoms with Gasteiger partial charge < -0.3 is 10.1 Å². The van der Waals surface area contributed by atoms with Gasteiger partial charge in [0.15, 0.2) is 0 Å². The van der Waals surface area contributed by atoms with E-state index in [1.54, 1.807) is 0 Å². The number of alkyl halides is 3. The van der Waals surface area contributed by atoms with Crippen molar-refractivity contribution >= 4 is 12.4 Å². The molecule has 0 aliphatic carbocycles. The molecule has 3 atom stereocenters. The van der Waals surface area contributed by atoms with E-state index in [-0.39, 0.29) is 30.3 Å². The minimum Gasteiger partial charge on any atom is -0.488 e. The van der Waals surface area contributed by atoms with Crippen molar-refractivity contribution in [3.63, 3.8) is 0 Å². The molecule has 0 spiro atoms. The third-order valence-electron chi connectivity index (χ3n) is 3.71. The number of hydrogen-bond acceptors (Lipinski definition) is 2. The van der Waals surface area contributed by atoms with Crippen LogP contribution in [-0.4, -0.2) is 12.6 Å². The molecule has 1 aromatic rings. The standard InChI is InChI=1S/C13H13F4NO.ClH/c1-6-2-11-12(18-5-6)7-3-9(14)8(13(15,16)17)4-10(7)19-11;/h3-4,6,11-12,18H,2,5H2,1H3;1H/t6-,11+,12+;/m1./s1. The Balaban J connectivity index is 0.00000147. The first-order valence-corrected chi connectivity index (χ1v) is 6.17. The summed E-state index contributed by atoms with van der Waals surface area (Å²) in [6, 6.07) is 1.52. The number of halogens is 5. The van der Waals surface area contributed by atoms with Gasteiger partial charge in [-0.15, -0.1) is 12.4 Å². The lowest BCUT2D eigenvalue weighted by molar-refractivity contribution is -0.140. The van der Waals surface area contributed by atoms with Crippen LogP contribution < -0.4 is 10.1 Å². The second kappa shape index (κ2) is 5.07. The zero-order chi connectivity index (χ0) is 13.8.